The number of nitrogens with zero attached hydrogens (tertiary/aromatic N) is 2. The van der Waals surface area contributed by atoms with Crippen LogP contribution in [0.2, 0.25) is 0 Å². The minimum absolute atomic E-state index is 0.108. The fourth-order valence-electron chi connectivity index (χ4n) is 5.45. The van der Waals surface area contributed by atoms with E-state index in [2.05, 4.69) is 39.5 Å². The van der Waals surface area contributed by atoms with Gasteiger partial charge in [0.15, 0.2) is 0 Å². The van der Waals surface area contributed by atoms with Crippen molar-refractivity contribution < 1.29 is 9.59 Å². The highest BCUT2D eigenvalue weighted by atomic mass is 16.2. The van der Waals surface area contributed by atoms with Gasteiger partial charge in [0.1, 0.15) is 5.84 Å². The number of aliphatic imine (C=N–C) groups is 1. The summed E-state index contributed by atoms with van der Waals surface area (Å²) in [4.78, 5) is 33.3. The van der Waals surface area contributed by atoms with Crippen LogP contribution in [0, 0.1) is 12.3 Å². The van der Waals surface area contributed by atoms with Crippen molar-refractivity contribution in [2.45, 2.75) is 45.6 Å². The molecule has 5 heteroatoms. The van der Waals surface area contributed by atoms with Gasteiger partial charge in [-0.05, 0) is 55.4 Å². The number of hydrogen-bond donors (Lipinski definition) is 1. The summed E-state index contributed by atoms with van der Waals surface area (Å²) < 4.78 is 0. The number of rotatable bonds is 5. The molecule has 36 heavy (non-hydrogen) atoms. The van der Waals surface area contributed by atoms with Crippen LogP contribution < -0.4 is 5.32 Å². The van der Waals surface area contributed by atoms with Crippen LogP contribution in [-0.4, -0.2) is 35.6 Å². The summed E-state index contributed by atoms with van der Waals surface area (Å²) in [5.41, 5.74) is 4.65. The first-order valence-electron chi connectivity index (χ1n) is 12.8. The Kier molecular flexibility index (Phi) is 6.99. The number of hydrogen-bond acceptors (Lipinski definition) is 3. The van der Waals surface area contributed by atoms with Gasteiger partial charge in [-0.15, -0.1) is 0 Å². The molecule has 0 unspecified atom stereocenters. The van der Waals surface area contributed by atoms with Crippen LogP contribution in [0.3, 0.4) is 0 Å². The van der Waals surface area contributed by atoms with Gasteiger partial charge in [-0.2, -0.15) is 4.99 Å². The third-order valence-corrected chi connectivity index (χ3v) is 7.59. The molecular formula is C31H33N3O2. The SMILES string of the molecule is Cc1ccc2c(c1)C(=O)N=C(N1CCC(Cc3ccccc3)(C(=O)NCc3ccccc3)CC1)CC2. The van der Waals surface area contributed by atoms with Gasteiger partial charge in [0.25, 0.3) is 5.91 Å². The molecule has 0 saturated carbocycles. The molecule has 1 fully saturated rings. The van der Waals surface area contributed by atoms with E-state index in [0.29, 0.717) is 26.1 Å². The minimum atomic E-state index is -0.484. The lowest BCUT2D eigenvalue weighted by Gasteiger charge is -2.42. The van der Waals surface area contributed by atoms with E-state index in [-0.39, 0.29) is 11.8 Å². The fourth-order valence-corrected chi connectivity index (χ4v) is 5.45. The average Bonchev–Trinajstić information content (AvgIpc) is 3.07. The molecule has 0 atom stereocenters. The first-order chi connectivity index (χ1) is 17.5. The van der Waals surface area contributed by atoms with Crippen molar-refractivity contribution in [2.24, 2.45) is 10.4 Å². The zero-order valence-electron chi connectivity index (χ0n) is 20.9. The Bertz CT molecular complexity index is 1260. The lowest BCUT2D eigenvalue weighted by molar-refractivity contribution is -0.133. The number of likely N-dealkylation sites (tertiary alicyclic amines) is 1. The molecule has 2 aliphatic heterocycles. The molecule has 0 bridgehead atoms. The number of benzene rings is 3. The maximum Gasteiger partial charge on any atom is 0.278 e. The van der Waals surface area contributed by atoms with E-state index in [0.717, 1.165) is 53.8 Å². The van der Waals surface area contributed by atoms with E-state index in [1.165, 1.54) is 5.56 Å². The highest BCUT2D eigenvalue weighted by molar-refractivity contribution is 6.05. The molecular weight excluding hydrogens is 446 g/mol. The topological polar surface area (TPSA) is 61.8 Å². The van der Waals surface area contributed by atoms with E-state index in [9.17, 15) is 9.59 Å². The van der Waals surface area contributed by atoms with Crippen LogP contribution in [0.4, 0.5) is 0 Å². The second-order valence-corrected chi connectivity index (χ2v) is 10.1. The molecule has 5 rings (SSSR count). The van der Waals surface area contributed by atoms with Crippen molar-refractivity contribution >= 4 is 17.6 Å². The number of aryl methyl sites for hydroxylation is 2. The molecule has 2 amide bonds. The predicted octanol–water partition coefficient (Wildman–Crippen LogP) is 5.12. The summed E-state index contributed by atoms with van der Waals surface area (Å²) in [5, 5.41) is 3.22. The predicted molar refractivity (Wildman–Crippen MR) is 143 cm³/mol. The molecule has 0 radical (unpaired) electrons. The zero-order valence-corrected chi connectivity index (χ0v) is 20.9. The number of piperidine rings is 1. The summed E-state index contributed by atoms with van der Waals surface area (Å²) in [7, 11) is 0. The molecule has 1 N–H and O–H groups in total. The number of carbonyl (C=O) groups is 2. The average molecular weight is 480 g/mol. The number of fused-ring (bicyclic) bond motifs is 1. The highest BCUT2D eigenvalue weighted by Gasteiger charge is 2.42. The Hall–Kier alpha value is -3.73. The van der Waals surface area contributed by atoms with Crippen molar-refractivity contribution in [2.75, 3.05) is 13.1 Å². The molecule has 184 valence electrons. The second-order valence-electron chi connectivity index (χ2n) is 10.1. The maximum atomic E-state index is 13.7. The number of amidine groups is 1. The van der Waals surface area contributed by atoms with Crippen LogP contribution in [0.25, 0.3) is 0 Å². The van der Waals surface area contributed by atoms with Crippen LogP contribution in [0.15, 0.2) is 83.9 Å². The Morgan fingerprint density at radius 3 is 2.28 bits per heavy atom. The quantitative estimate of drug-likeness (QED) is 0.552. The lowest BCUT2D eigenvalue weighted by Crippen LogP contribution is -2.51. The van der Waals surface area contributed by atoms with E-state index in [1.807, 2.05) is 61.5 Å². The molecule has 0 aromatic heterocycles. The summed E-state index contributed by atoms with van der Waals surface area (Å²) >= 11 is 0. The van der Waals surface area contributed by atoms with E-state index < -0.39 is 5.41 Å². The number of nitrogens with one attached hydrogen (secondary N) is 1. The van der Waals surface area contributed by atoms with Crippen molar-refractivity contribution in [1.29, 1.82) is 0 Å². The molecule has 0 spiro atoms. The van der Waals surface area contributed by atoms with Crippen LogP contribution in [0.5, 0.6) is 0 Å². The van der Waals surface area contributed by atoms with Crippen LogP contribution in [0.1, 0.15) is 51.9 Å². The van der Waals surface area contributed by atoms with E-state index >= 15 is 0 Å². The Morgan fingerprint density at radius 2 is 1.58 bits per heavy atom. The first-order valence-corrected chi connectivity index (χ1v) is 12.8. The normalized spacial score (nSPS) is 17.1. The van der Waals surface area contributed by atoms with Crippen molar-refractivity contribution in [1.82, 2.24) is 10.2 Å². The van der Waals surface area contributed by atoms with Gasteiger partial charge in [0, 0.05) is 31.6 Å². The van der Waals surface area contributed by atoms with Crippen molar-refractivity contribution in [3.05, 3.63) is 107 Å². The van der Waals surface area contributed by atoms with Crippen molar-refractivity contribution in [3.8, 4) is 0 Å². The summed E-state index contributed by atoms with van der Waals surface area (Å²) in [6.45, 7) is 3.96. The third-order valence-electron chi connectivity index (χ3n) is 7.59. The van der Waals surface area contributed by atoms with Gasteiger partial charge in [0.05, 0.1) is 5.41 Å². The Morgan fingerprint density at radius 1 is 0.917 bits per heavy atom. The summed E-state index contributed by atoms with van der Waals surface area (Å²) in [6.07, 6.45) is 3.71. The largest absolute Gasteiger partial charge is 0.360 e. The Labute approximate surface area is 213 Å². The standard InChI is InChI=1S/C31H33N3O2/c1-23-12-13-26-14-15-28(33-29(35)27(26)20-23)34-18-16-31(17-19-34,21-24-8-4-2-5-9-24)30(36)32-22-25-10-6-3-7-11-25/h2-13,20H,14-19,21-22H2,1H3,(H,32,36). The smallest absolute Gasteiger partial charge is 0.278 e. The molecule has 3 aromatic rings. The molecule has 0 aliphatic carbocycles. The van der Waals surface area contributed by atoms with E-state index in [4.69, 9.17) is 0 Å². The van der Waals surface area contributed by atoms with Crippen LogP contribution in [-0.2, 0) is 24.2 Å². The molecule has 2 heterocycles. The van der Waals surface area contributed by atoms with Gasteiger partial charge < -0.3 is 10.2 Å². The van der Waals surface area contributed by atoms with Gasteiger partial charge in [-0.25, -0.2) is 0 Å². The third kappa shape index (κ3) is 5.25. The lowest BCUT2D eigenvalue weighted by atomic mass is 9.72. The van der Waals surface area contributed by atoms with Gasteiger partial charge >= 0.3 is 0 Å². The van der Waals surface area contributed by atoms with Crippen LogP contribution >= 0.6 is 0 Å². The maximum absolute atomic E-state index is 13.7. The molecule has 3 aromatic carbocycles. The summed E-state index contributed by atoms with van der Waals surface area (Å²) in [6, 6.07) is 26.4. The van der Waals surface area contributed by atoms with Gasteiger partial charge in [0.2, 0.25) is 5.91 Å². The van der Waals surface area contributed by atoms with Crippen molar-refractivity contribution in [3.63, 3.8) is 0 Å². The monoisotopic (exact) mass is 479 g/mol. The number of carbonyl (C=O) groups excluding carboxylic acids is 2. The highest BCUT2D eigenvalue weighted by Crippen LogP contribution is 2.36. The molecule has 1 saturated heterocycles. The zero-order chi connectivity index (χ0) is 25.0. The summed E-state index contributed by atoms with van der Waals surface area (Å²) in [5.74, 6) is 0.811. The van der Waals surface area contributed by atoms with E-state index in [1.54, 1.807) is 0 Å². The second kappa shape index (κ2) is 10.5. The fraction of sp³-hybridized carbons (Fsp3) is 0.323. The number of amides is 2. The van der Waals surface area contributed by atoms with Gasteiger partial charge in [-0.1, -0.05) is 78.4 Å². The molecule has 5 nitrogen and oxygen atoms in total. The first kappa shape index (κ1) is 24.0. The Balaban J connectivity index is 1.32. The van der Waals surface area contributed by atoms with Gasteiger partial charge in [-0.3, -0.25) is 9.59 Å². The molecule has 2 aliphatic rings. The minimum Gasteiger partial charge on any atom is -0.360 e.